The van der Waals surface area contributed by atoms with E-state index in [0.717, 1.165) is 24.1 Å². The van der Waals surface area contributed by atoms with Gasteiger partial charge in [0.2, 0.25) is 5.91 Å². The van der Waals surface area contributed by atoms with Gasteiger partial charge in [0.25, 0.3) is 5.91 Å². The summed E-state index contributed by atoms with van der Waals surface area (Å²) in [7, 11) is 0. The van der Waals surface area contributed by atoms with Gasteiger partial charge in [-0.2, -0.15) is 0 Å². The highest BCUT2D eigenvalue weighted by Crippen LogP contribution is 2.26. The van der Waals surface area contributed by atoms with Crippen LogP contribution in [0.2, 0.25) is 0 Å². The molecule has 0 aromatic heterocycles. The number of anilines is 1. The van der Waals surface area contributed by atoms with E-state index in [1.165, 1.54) is 24.3 Å². The molecule has 6 heteroatoms. The van der Waals surface area contributed by atoms with Crippen LogP contribution in [0.25, 0.3) is 0 Å². The third-order valence-corrected chi connectivity index (χ3v) is 4.14. The topological polar surface area (TPSA) is 89.7 Å². The van der Waals surface area contributed by atoms with Crippen LogP contribution in [-0.4, -0.2) is 30.9 Å². The Balaban J connectivity index is 1.63. The van der Waals surface area contributed by atoms with E-state index in [0.29, 0.717) is 12.1 Å². The zero-order valence-corrected chi connectivity index (χ0v) is 13.6. The van der Waals surface area contributed by atoms with E-state index >= 15 is 0 Å². The first kappa shape index (κ1) is 16.7. The molecule has 1 heterocycles. The monoisotopic (exact) mass is 338 g/mol. The number of hydrogen-bond donors (Lipinski definition) is 1. The van der Waals surface area contributed by atoms with Gasteiger partial charge < -0.3 is 15.4 Å². The van der Waals surface area contributed by atoms with Crippen molar-refractivity contribution in [3.05, 3.63) is 65.2 Å². The number of amides is 2. The van der Waals surface area contributed by atoms with Crippen LogP contribution in [0, 0.1) is 0 Å². The highest BCUT2D eigenvalue weighted by molar-refractivity contribution is 5.98. The summed E-state index contributed by atoms with van der Waals surface area (Å²) in [4.78, 5) is 37.2. The van der Waals surface area contributed by atoms with Crippen LogP contribution < -0.4 is 10.6 Å². The van der Waals surface area contributed by atoms with Crippen molar-refractivity contribution in [2.24, 2.45) is 5.73 Å². The standard InChI is InChI=1S/C19H18N2O4/c20-18(23)14-7-9-15(10-8-14)19(24)25-12-17(22)21-11-3-5-13-4-1-2-6-16(13)21/h1-2,4,6-10H,3,5,11-12H2,(H2,20,23). The molecule has 2 N–H and O–H groups in total. The first-order valence-electron chi connectivity index (χ1n) is 8.01. The lowest BCUT2D eigenvalue weighted by atomic mass is 10.0. The highest BCUT2D eigenvalue weighted by Gasteiger charge is 2.23. The molecule has 1 aliphatic heterocycles. The molecular formula is C19H18N2O4. The van der Waals surface area contributed by atoms with Crippen molar-refractivity contribution in [2.45, 2.75) is 12.8 Å². The molecule has 2 aromatic carbocycles. The van der Waals surface area contributed by atoms with Gasteiger partial charge in [0.05, 0.1) is 5.56 Å². The Kier molecular flexibility index (Phi) is 4.79. The van der Waals surface area contributed by atoms with Crippen molar-refractivity contribution in [3.63, 3.8) is 0 Å². The summed E-state index contributed by atoms with van der Waals surface area (Å²) in [6, 6.07) is 13.5. The normalized spacial score (nSPS) is 13.0. The molecule has 128 valence electrons. The van der Waals surface area contributed by atoms with E-state index in [1.54, 1.807) is 4.90 Å². The number of carbonyl (C=O) groups excluding carboxylic acids is 3. The molecule has 25 heavy (non-hydrogen) atoms. The van der Waals surface area contributed by atoms with Crippen LogP contribution in [0.4, 0.5) is 5.69 Å². The molecule has 0 spiro atoms. The average molecular weight is 338 g/mol. The fraction of sp³-hybridized carbons (Fsp3) is 0.211. The van der Waals surface area contributed by atoms with Crippen LogP contribution in [0.5, 0.6) is 0 Å². The number of para-hydroxylation sites is 1. The van der Waals surface area contributed by atoms with Crippen LogP contribution in [0.1, 0.15) is 32.7 Å². The molecule has 0 unspecified atom stereocenters. The fourth-order valence-corrected chi connectivity index (χ4v) is 2.85. The van der Waals surface area contributed by atoms with Gasteiger partial charge in [-0.1, -0.05) is 18.2 Å². The maximum Gasteiger partial charge on any atom is 0.338 e. The smallest absolute Gasteiger partial charge is 0.338 e. The van der Waals surface area contributed by atoms with E-state index < -0.39 is 11.9 Å². The fourth-order valence-electron chi connectivity index (χ4n) is 2.85. The van der Waals surface area contributed by atoms with E-state index in [9.17, 15) is 14.4 Å². The number of hydrogen-bond acceptors (Lipinski definition) is 4. The lowest BCUT2D eigenvalue weighted by Crippen LogP contribution is -2.38. The largest absolute Gasteiger partial charge is 0.452 e. The lowest BCUT2D eigenvalue weighted by Gasteiger charge is -2.29. The Bertz CT molecular complexity index is 814. The van der Waals surface area contributed by atoms with Gasteiger partial charge in [-0.3, -0.25) is 9.59 Å². The number of aryl methyl sites for hydroxylation is 1. The second kappa shape index (κ2) is 7.17. The number of carbonyl (C=O) groups is 3. The van der Waals surface area contributed by atoms with Gasteiger partial charge in [0, 0.05) is 17.8 Å². The van der Waals surface area contributed by atoms with Crippen molar-refractivity contribution in [3.8, 4) is 0 Å². The van der Waals surface area contributed by atoms with Crippen molar-refractivity contribution in [1.82, 2.24) is 0 Å². The molecule has 2 aromatic rings. The average Bonchev–Trinajstić information content (AvgIpc) is 2.65. The highest BCUT2D eigenvalue weighted by atomic mass is 16.5. The van der Waals surface area contributed by atoms with Crippen LogP contribution >= 0.6 is 0 Å². The van der Waals surface area contributed by atoms with Gasteiger partial charge in [0.1, 0.15) is 0 Å². The molecule has 0 saturated heterocycles. The lowest BCUT2D eigenvalue weighted by molar-refractivity contribution is -0.121. The number of benzene rings is 2. The molecule has 2 amide bonds. The van der Waals surface area contributed by atoms with E-state index in [-0.39, 0.29) is 18.1 Å². The van der Waals surface area contributed by atoms with E-state index in [1.807, 2.05) is 24.3 Å². The SMILES string of the molecule is NC(=O)c1ccc(C(=O)OCC(=O)N2CCCc3ccccc32)cc1. The molecular weight excluding hydrogens is 320 g/mol. The number of esters is 1. The van der Waals surface area contributed by atoms with Crippen LogP contribution in [0.15, 0.2) is 48.5 Å². The third-order valence-electron chi connectivity index (χ3n) is 4.14. The molecule has 0 atom stereocenters. The van der Waals surface area contributed by atoms with Crippen LogP contribution in [-0.2, 0) is 16.0 Å². The van der Waals surface area contributed by atoms with Crippen molar-refractivity contribution < 1.29 is 19.1 Å². The zero-order chi connectivity index (χ0) is 17.8. The molecule has 0 radical (unpaired) electrons. The van der Waals surface area contributed by atoms with Crippen molar-refractivity contribution in [2.75, 3.05) is 18.1 Å². The number of nitrogens with two attached hydrogens (primary N) is 1. The first-order chi connectivity index (χ1) is 12.1. The zero-order valence-electron chi connectivity index (χ0n) is 13.6. The Morgan fingerprint density at radius 2 is 1.68 bits per heavy atom. The summed E-state index contributed by atoms with van der Waals surface area (Å²) in [6.07, 6.45) is 1.82. The minimum atomic E-state index is -0.616. The Morgan fingerprint density at radius 1 is 1.00 bits per heavy atom. The predicted octanol–water partition coefficient (Wildman–Crippen LogP) is 1.92. The molecule has 6 nitrogen and oxygen atoms in total. The molecule has 0 bridgehead atoms. The number of ether oxygens (including phenoxy) is 1. The van der Waals surface area contributed by atoms with Gasteiger partial charge >= 0.3 is 5.97 Å². The Hall–Kier alpha value is -3.15. The molecule has 3 rings (SSSR count). The van der Waals surface area contributed by atoms with Gasteiger partial charge in [-0.25, -0.2) is 4.79 Å². The predicted molar refractivity (Wildman–Crippen MR) is 92.4 cm³/mol. The number of fused-ring (bicyclic) bond motifs is 1. The van der Waals surface area contributed by atoms with E-state index in [2.05, 4.69) is 0 Å². The summed E-state index contributed by atoms with van der Waals surface area (Å²) in [5.41, 5.74) is 7.72. The Labute approximate surface area is 145 Å². The van der Waals surface area contributed by atoms with E-state index in [4.69, 9.17) is 10.5 Å². The quantitative estimate of drug-likeness (QED) is 0.863. The van der Waals surface area contributed by atoms with Gasteiger partial charge in [-0.05, 0) is 48.7 Å². The third kappa shape index (κ3) is 3.68. The minimum Gasteiger partial charge on any atom is -0.452 e. The van der Waals surface area contributed by atoms with Crippen molar-refractivity contribution >= 4 is 23.5 Å². The number of rotatable bonds is 4. The summed E-state index contributed by atoms with van der Waals surface area (Å²) in [6.45, 7) is 0.283. The number of nitrogens with zero attached hydrogens (tertiary/aromatic N) is 1. The second-order valence-electron chi connectivity index (χ2n) is 5.80. The minimum absolute atomic E-state index is 0.255. The summed E-state index contributed by atoms with van der Waals surface area (Å²) < 4.78 is 5.11. The maximum atomic E-state index is 12.4. The molecule has 0 aliphatic carbocycles. The molecule has 0 fully saturated rings. The number of primary amides is 1. The summed E-state index contributed by atoms with van der Waals surface area (Å²) in [5.74, 6) is -1.44. The first-order valence-corrected chi connectivity index (χ1v) is 8.01. The Morgan fingerprint density at radius 3 is 2.40 bits per heavy atom. The van der Waals surface area contributed by atoms with Gasteiger partial charge in [-0.15, -0.1) is 0 Å². The molecule has 1 aliphatic rings. The molecule has 0 saturated carbocycles. The van der Waals surface area contributed by atoms with Gasteiger partial charge in [0.15, 0.2) is 6.61 Å². The second-order valence-corrected chi connectivity index (χ2v) is 5.80. The van der Waals surface area contributed by atoms with Crippen LogP contribution in [0.3, 0.4) is 0 Å². The maximum absolute atomic E-state index is 12.4. The summed E-state index contributed by atoms with van der Waals surface area (Å²) in [5, 5.41) is 0. The summed E-state index contributed by atoms with van der Waals surface area (Å²) >= 11 is 0. The van der Waals surface area contributed by atoms with Crippen molar-refractivity contribution in [1.29, 1.82) is 0 Å².